The van der Waals surface area contributed by atoms with E-state index < -0.39 is 0 Å². The standard InChI is InChI=1S/C19H26N2O4/c1-14(15(2)18(22)20-24)12-16-8-10-21(11-9-16)19(23)25-13-17-6-4-3-5-7-17/h3-7,12,14-15,24H,8-11,13H2,1-2H3,(H,20,22)/t14-,15-/m0/s1. The zero-order chi connectivity index (χ0) is 18.2. The topological polar surface area (TPSA) is 78.9 Å². The zero-order valence-corrected chi connectivity index (χ0v) is 14.8. The van der Waals surface area contributed by atoms with Gasteiger partial charge in [0, 0.05) is 19.0 Å². The van der Waals surface area contributed by atoms with Crippen LogP contribution in [0.1, 0.15) is 32.3 Å². The molecule has 0 aromatic heterocycles. The Hall–Kier alpha value is -2.34. The van der Waals surface area contributed by atoms with Crippen molar-refractivity contribution in [3.05, 3.63) is 47.5 Å². The Morgan fingerprint density at radius 3 is 2.48 bits per heavy atom. The molecular weight excluding hydrogens is 320 g/mol. The summed E-state index contributed by atoms with van der Waals surface area (Å²) in [7, 11) is 0. The first kappa shape index (κ1) is 19.0. The number of nitrogens with zero attached hydrogens (tertiary/aromatic N) is 1. The van der Waals surface area contributed by atoms with Crippen LogP contribution in [-0.2, 0) is 16.1 Å². The first-order valence-electron chi connectivity index (χ1n) is 8.60. The molecule has 1 aromatic rings. The average molecular weight is 346 g/mol. The van der Waals surface area contributed by atoms with Crippen LogP contribution < -0.4 is 5.48 Å². The van der Waals surface area contributed by atoms with E-state index in [1.54, 1.807) is 17.3 Å². The fraction of sp³-hybridized carbons (Fsp3) is 0.474. The summed E-state index contributed by atoms with van der Waals surface area (Å²) >= 11 is 0. The van der Waals surface area contributed by atoms with Crippen molar-refractivity contribution in [2.75, 3.05) is 13.1 Å². The molecule has 1 saturated heterocycles. The fourth-order valence-corrected chi connectivity index (χ4v) is 2.81. The highest BCUT2D eigenvalue weighted by atomic mass is 16.6. The lowest BCUT2D eigenvalue weighted by molar-refractivity contribution is -0.133. The lowest BCUT2D eigenvalue weighted by Crippen LogP contribution is -2.37. The fourth-order valence-electron chi connectivity index (χ4n) is 2.81. The van der Waals surface area contributed by atoms with Gasteiger partial charge in [0.05, 0.1) is 0 Å². The minimum Gasteiger partial charge on any atom is -0.445 e. The molecule has 2 rings (SSSR count). The molecular formula is C19H26N2O4. The van der Waals surface area contributed by atoms with E-state index >= 15 is 0 Å². The van der Waals surface area contributed by atoms with Gasteiger partial charge in [-0.2, -0.15) is 0 Å². The molecule has 0 bridgehead atoms. The molecule has 1 aliphatic heterocycles. The third-order valence-electron chi connectivity index (χ3n) is 4.68. The van der Waals surface area contributed by atoms with Gasteiger partial charge in [0.1, 0.15) is 6.61 Å². The van der Waals surface area contributed by atoms with Crippen LogP contribution in [0.15, 0.2) is 42.0 Å². The van der Waals surface area contributed by atoms with E-state index in [4.69, 9.17) is 9.94 Å². The molecule has 0 radical (unpaired) electrons. The predicted octanol–water partition coefficient (Wildman–Crippen LogP) is 3.12. The molecule has 0 unspecified atom stereocenters. The van der Waals surface area contributed by atoms with Crippen molar-refractivity contribution in [3.63, 3.8) is 0 Å². The molecule has 2 amide bonds. The van der Waals surface area contributed by atoms with Crippen LogP contribution in [0.3, 0.4) is 0 Å². The Balaban J connectivity index is 1.79. The zero-order valence-electron chi connectivity index (χ0n) is 14.8. The minimum atomic E-state index is -0.383. The molecule has 1 aliphatic rings. The largest absolute Gasteiger partial charge is 0.445 e. The third kappa shape index (κ3) is 5.60. The van der Waals surface area contributed by atoms with Gasteiger partial charge in [-0.1, -0.05) is 55.8 Å². The molecule has 2 atom stereocenters. The highest BCUT2D eigenvalue weighted by Crippen LogP contribution is 2.22. The quantitative estimate of drug-likeness (QED) is 0.488. The minimum absolute atomic E-state index is 0.0266. The van der Waals surface area contributed by atoms with E-state index in [1.807, 2.05) is 37.3 Å². The Labute approximate surface area is 148 Å². The maximum atomic E-state index is 12.1. The van der Waals surface area contributed by atoms with Crippen LogP contribution in [0.2, 0.25) is 0 Å². The molecule has 6 nitrogen and oxygen atoms in total. The van der Waals surface area contributed by atoms with Gasteiger partial charge in [-0.15, -0.1) is 0 Å². The summed E-state index contributed by atoms with van der Waals surface area (Å²) in [5.41, 5.74) is 3.90. The number of likely N-dealkylation sites (tertiary alicyclic amines) is 1. The molecule has 1 heterocycles. The number of benzene rings is 1. The number of amides is 2. The molecule has 1 fully saturated rings. The summed E-state index contributed by atoms with van der Waals surface area (Å²) in [6, 6.07) is 9.61. The number of hydrogen-bond acceptors (Lipinski definition) is 4. The van der Waals surface area contributed by atoms with Crippen LogP contribution in [0.5, 0.6) is 0 Å². The van der Waals surface area contributed by atoms with Crippen molar-refractivity contribution in [2.45, 2.75) is 33.3 Å². The number of rotatable bonds is 5. The number of carbonyl (C=O) groups excluding carboxylic acids is 2. The van der Waals surface area contributed by atoms with Gasteiger partial charge < -0.3 is 9.64 Å². The van der Waals surface area contributed by atoms with Gasteiger partial charge in [0.2, 0.25) is 5.91 Å². The number of carbonyl (C=O) groups is 2. The lowest BCUT2D eigenvalue weighted by Gasteiger charge is -2.28. The number of ether oxygens (including phenoxy) is 1. The number of nitrogens with one attached hydrogen (secondary N) is 1. The van der Waals surface area contributed by atoms with E-state index in [0.717, 1.165) is 18.4 Å². The van der Waals surface area contributed by atoms with E-state index in [0.29, 0.717) is 13.1 Å². The summed E-state index contributed by atoms with van der Waals surface area (Å²) < 4.78 is 5.35. The van der Waals surface area contributed by atoms with E-state index in [-0.39, 0.29) is 30.4 Å². The second kappa shape index (κ2) is 9.22. The Morgan fingerprint density at radius 2 is 1.88 bits per heavy atom. The Bertz CT molecular complexity index is 605. The molecule has 0 saturated carbocycles. The van der Waals surface area contributed by atoms with Gasteiger partial charge in [-0.05, 0) is 24.3 Å². The summed E-state index contributed by atoms with van der Waals surface area (Å²) in [6.07, 6.45) is 3.34. The summed E-state index contributed by atoms with van der Waals surface area (Å²) in [6.45, 7) is 5.25. The maximum absolute atomic E-state index is 12.1. The summed E-state index contributed by atoms with van der Waals surface area (Å²) in [5.74, 6) is -0.656. The Morgan fingerprint density at radius 1 is 1.24 bits per heavy atom. The van der Waals surface area contributed by atoms with Crippen LogP contribution in [0.4, 0.5) is 4.79 Å². The molecule has 25 heavy (non-hydrogen) atoms. The van der Waals surface area contributed by atoms with Crippen LogP contribution in [-0.4, -0.2) is 35.2 Å². The SMILES string of the molecule is C[C@H](C(=O)NO)[C@@H](C)C=C1CCN(C(=O)OCc2ccccc2)CC1. The van der Waals surface area contributed by atoms with Crippen molar-refractivity contribution >= 4 is 12.0 Å². The highest BCUT2D eigenvalue weighted by molar-refractivity contribution is 5.77. The van der Waals surface area contributed by atoms with Gasteiger partial charge in [-0.25, -0.2) is 10.3 Å². The van der Waals surface area contributed by atoms with Crippen molar-refractivity contribution in [1.82, 2.24) is 10.4 Å². The van der Waals surface area contributed by atoms with E-state index in [1.165, 1.54) is 5.57 Å². The van der Waals surface area contributed by atoms with E-state index in [2.05, 4.69) is 6.08 Å². The highest BCUT2D eigenvalue weighted by Gasteiger charge is 2.23. The monoisotopic (exact) mass is 346 g/mol. The van der Waals surface area contributed by atoms with Crippen LogP contribution >= 0.6 is 0 Å². The number of piperidine rings is 1. The van der Waals surface area contributed by atoms with Crippen molar-refractivity contribution < 1.29 is 19.5 Å². The molecule has 1 aromatic carbocycles. The molecule has 136 valence electrons. The predicted molar refractivity (Wildman–Crippen MR) is 93.8 cm³/mol. The average Bonchev–Trinajstić information content (AvgIpc) is 2.66. The van der Waals surface area contributed by atoms with Crippen molar-refractivity contribution in [3.8, 4) is 0 Å². The Kier molecular flexibility index (Phi) is 7.01. The van der Waals surface area contributed by atoms with Gasteiger partial charge >= 0.3 is 6.09 Å². The molecule has 0 spiro atoms. The van der Waals surface area contributed by atoms with Gasteiger partial charge in [0.15, 0.2) is 0 Å². The van der Waals surface area contributed by atoms with Crippen molar-refractivity contribution in [2.24, 2.45) is 11.8 Å². The van der Waals surface area contributed by atoms with Gasteiger partial charge in [-0.3, -0.25) is 10.0 Å². The number of hydrogen-bond donors (Lipinski definition) is 2. The van der Waals surface area contributed by atoms with E-state index in [9.17, 15) is 9.59 Å². The second-order valence-corrected chi connectivity index (χ2v) is 6.48. The molecule has 2 N–H and O–H groups in total. The number of allylic oxidation sites excluding steroid dienone is 1. The maximum Gasteiger partial charge on any atom is 0.410 e. The first-order chi connectivity index (χ1) is 12.0. The number of hydroxylamine groups is 1. The third-order valence-corrected chi connectivity index (χ3v) is 4.68. The lowest BCUT2D eigenvalue weighted by atomic mass is 9.90. The van der Waals surface area contributed by atoms with Crippen molar-refractivity contribution in [1.29, 1.82) is 0 Å². The van der Waals surface area contributed by atoms with Crippen LogP contribution in [0.25, 0.3) is 0 Å². The second-order valence-electron chi connectivity index (χ2n) is 6.48. The first-order valence-corrected chi connectivity index (χ1v) is 8.60. The van der Waals surface area contributed by atoms with Gasteiger partial charge in [0.25, 0.3) is 0 Å². The normalized spacial score (nSPS) is 16.8. The molecule has 0 aliphatic carbocycles. The molecule has 6 heteroatoms. The van der Waals surface area contributed by atoms with Crippen LogP contribution in [0, 0.1) is 11.8 Å². The smallest absolute Gasteiger partial charge is 0.410 e. The summed E-state index contributed by atoms with van der Waals surface area (Å²) in [5, 5.41) is 8.71. The summed E-state index contributed by atoms with van der Waals surface area (Å²) in [4.78, 5) is 25.3.